The van der Waals surface area contributed by atoms with E-state index in [0.717, 1.165) is 31.0 Å². The predicted molar refractivity (Wildman–Crippen MR) is 100 cm³/mol. The monoisotopic (exact) mass is 382 g/mol. The molecule has 28 heavy (non-hydrogen) atoms. The van der Waals surface area contributed by atoms with Crippen LogP contribution in [0.3, 0.4) is 0 Å². The van der Waals surface area contributed by atoms with Gasteiger partial charge in [-0.15, -0.1) is 0 Å². The van der Waals surface area contributed by atoms with Crippen LogP contribution in [0.2, 0.25) is 0 Å². The Labute approximate surface area is 162 Å². The van der Waals surface area contributed by atoms with Crippen molar-refractivity contribution in [3.63, 3.8) is 0 Å². The lowest BCUT2D eigenvalue weighted by molar-refractivity contribution is 0.127. The maximum Gasteiger partial charge on any atom is 0.318 e. The van der Waals surface area contributed by atoms with Crippen molar-refractivity contribution in [1.29, 1.82) is 0 Å². The number of pyridine rings is 1. The number of nitrogens with one attached hydrogen (secondary N) is 1. The van der Waals surface area contributed by atoms with Gasteiger partial charge < -0.3 is 19.2 Å². The van der Waals surface area contributed by atoms with Crippen LogP contribution in [-0.2, 0) is 6.54 Å². The molecule has 4 heterocycles. The molecule has 4 rings (SSSR count). The van der Waals surface area contributed by atoms with E-state index in [2.05, 4.69) is 25.3 Å². The van der Waals surface area contributed by atoms with Gasteiger partial charge in [0.1, 0.15) is 11.8 Å². The highest BCUT2D eigenvalue weighted by Crippen LogP contribution is 2.18. The van der Waals surface area contributed by atoms with Crippen molar-refractivity contribution in [2.45, 2.75) is 19.5 Å². The Bertz CT molecular complexity index is 888. The second-order valence-corrected chi connectivity index (χ2v) is 6.71. The molecule has 0 aliphatic carbocycles. The molecule has 9 heteroatoms. The zero-order valence-electron chi connectivity index (χ0n) is 15.6. The second kappa shape index (κ2) is 8.22. The van der Waals surface area contributed by atoms with E-state index >= 15 is 0 Å². The van der Waals surface area contributed by atoms with Crippen LogP contribution in [-0.4, -0.2) is 57.1 Å². The summed E-state index contributed by atoms with van der Waals surface area (Å²) >= 11 is 0. The SMILES string of the molecule is C[C@H](NC(=O)N1CCN(Cc2ccco2)CC1)c1nc(-c2ccncc2)no1. The molecule has 0 aromatic carbocycles. The number of hydrogen-bond donors (Lipinski definition) is 1. The number of carbonyl (C=O) groups is 1. The van der Waals surface area contributed by atoms with Crippen molar-refractivity contribution < 1.29 is 13.7 Å². The van der Waals surface area contributed by atoms with E-state index in [-0.39, 0.29) is 12.1 Å². The summed E-state index contributed by atoms with van der Waals surface area (Å²) in [5, 5.41) is 6.91. The van der Waals surface area contributed by atoms with Crippen molar-refractivity contribution >= 4 is 6.03 Å². The highest BCUT2D eigenvalue weighted by atomic mass is 16.5. The summed E-state index contributed by atoms with van der Waals surface area (Å²) < 4.78 is 10.7. The number of hydrogen-bond acceptors (Lipinski definition) is 7. The van der Waals surface area contributed by atoms with E-state index in [1.54, 1.807) is 35.7 Å². The van der Waals surface area contributed by atoms with Gasteiger partial charge in [0.15, 0.2) is 0 Å². The highest BCUT2D eigenvalue weighted by molar-refractivity contribution is 5.74. The van der Waals surface area contributed by atoms with Crippen LogP contribution in [0.5, 0.6) is 0 Å². The van der Waals surface area contributed by atoms with Gasteiger partial charge in [0, 0.05) is 44.1 Å². The molecule has 0 spiro atoms. The Hall–Kier alpha value is -3.20. The number of carbonyl (C=O) groups excluding carboxylic acids is 1. The van der Waals surface area contributed by atoms with Gasteiger partial charge in [0.05, 0.1) is 12.8 Å². The normalized spacial score (nSPS) is 16.1. The van der Waals surface area contributed by atoms with Gasteiger partial charge >= 0.3 is 6.03 Å². The predicted octanol–water partition coefficient (Wildman–Crippen LogP) is 2.31. The molecule has 146 valence electrons. The van der Waals surface area contributed by atoms with Crippen LogP contribution in [0.1, 0.15) is 24.6 Å². The fourth-order valence-corrected chi connectivity index (χ4v) is 3.10. The summed E-state index contributed by atoms with van der Waals surface area (Å²) in [6, 6.07) is 6.95. The quantitative estimate of drug-likeness (QED) is 0.723. The molecule has 1 atom stereocenters. The first-order valence-electron chi connectivity index (χ1n) is 9.23. The molecule has 1 aliphatic heterocycles. The summed E-state index contributed by atoms with van der Waals surface area (Å²) in [5.41, 5.74) is 0.816. The lowest BCUT2D eigenvalue weighted by Gasteiger charge is -2.34. The molecule has 3 aromatic rings. The molecule has 3 aromatic heterocycles. The van der Waals surface area contributed by atoms with E-state index in [0.29, 0.717) is 24.8 Å². The number of amides is 2. The van der Waals surface area contributed by atoms with E-state index in [1.165, 1.54) is 0 Å². The van der Waals surface area contributed by atoms with Crippen LogP contribution in [0.15, 0.2) is 51.9 Å². The average Bonchev–Trinajstić information content (AvgIpc) is 3.41. The van der Waals surface area contributed by atoms with Crippen LogP contribution >= 0.6 is 0 Å². The molecule has 0 radical (unpaired) electrons. The first-order chi connectivity index (χ1) is 13.7. The summed E-state index contributed by atoms with van der Waals surface area (Å²) in [6.07, 6.45) is 5.02. The molecule has 2 amide bonds. The van der Waals surface area contributed by atoms with E-state index in [1.807, 2.05) is 19.1 Å². The fraction of sp³-hybridized carbons (Fsp3) is 0.368. The van der Waals surface area contributed by atoms with Crippen LogP contribution < -0.4 is 5.32 Å². The summed E-state index contributed by atoms with van der Waals surface area (Å²) in [7, 11) is 0. The Kier molecular flexibility index (Phi) is 5.34. The van der Waals surface area contributed by atoms with E-state index < -0.39 is 0 Å². The van der Waals surface area contributed by atoms with Gasteiger partial charge in [-0.1, -0.05) is 5.16 Å². The Morgan fingerprint density at radius 1 is 1.21 bits per heavy atom. The maximum atomic E-state index is 12.6. The summed E-state index contributed by atoms with van der Waals surface area (Å²) in [6.45, 7) is 5.51. The number of rotatable bonds is 5. The number of nitrogens with zero attached hydrogens (tertiary/aromatic N) is 5. The highest BCUT2D eigenvalue weighted by Gasteiger charge is 2.24. The van der Waals surface area contributed by atoms with Crippen molar-refractivity contribution in [3.8, 4) is 11.4 Å². The molecule has 1 aliphatic rings. The standard InChI is InChI=1S/C19H22N6O3/c1-14(18-22-17(23-28-18)15-4-6-20-7-5-15)21-19(26)25-10-8-24(9-11-25)13-16-3-2-12-27-16/h2-7,12,14H,8-11,13H2,1H3,(H,21,26)/t14-/m0/s1. The molecular weight excluding hydrogens is 360 g/mol. The Morgan fingerprint density at radius 3 is 2.71 bits per heavy atom. The average molecular weight is 382 g/mol. The molecule has 0 bridgehead atoms. The van der Waals surface area contributed by atoms with Crippen LogP contribution in [0.4, 0.5) is 4.79 Å². The molecular formula is C19H22N6O3. The lowest BCUT2D eigenvalue weighted by Crippen LogP contribution is -2.51. The number of urea groups is 1. The zero-order chi connectivity index (χ0) is 19.3. The van der Waals surface area contributed by atoms with Crippen LogP contribution in [0.25, 0.3) is 11.4 Å². The largest absolute Gasteiger partial charge is 0.468 e. The first kappa shape index (κ1) is 18.2. The smallest absolute Gasteiger partial charge is 0.318 e. The third-order valence-corrected chi connectivity index (χ3v) is 4.71. The van der Waals surface area contributed by atoms with Gasteiger partial charge in [0.25, 0.3) is 0 Å². The number of furan rings is 1. The zero-order valence-corrected chi connectivity index (χ0v) is 15.6. The van der Waals surface area contributed by atoms with Crippen molar-refractivity contribution in [1.82, 2.24) is 30.2 Å². The van der Waals surface area contributed by atoms with Gasteiger partial charge in [0.2, 0.25) is 11.7 Å². The van der Waals surface area contributed by atoms with E-state index in [4.69, 9.17) is 8.94 Å². The van der Waals surface area contributed by atoms with Gasteiger partial charge in [-0.25, -0.2) is 4.79 Å². The third kappa shape index (κ3) is 4.20. The van der Waals surface area contributed by atoms with Crippen LogP contribution in [0, 0.1) is 0 Å². The number of piperazine rings is 1. The molecule has 9 nitrogen and oxygen atoms in total. The Morgan fingerprint density at radius 2 is 2.00 bits per heavy atom. The molecule has 0 saturated carbocycles. The molecule has 1 fully saturated rings. The van der Waals surface area contributed by atoms with Gasteiger partial charge in [-0.3, -0.25) is 9.88 Å². The van der Waals surface area contributed by atoms with E-state index in [9.17, 15) is 4.79 Å². The van der Waals surface area contributed by atoms with Crippen molar-refractivity contribution in [2.24, 2.45) is 0 Å². The molecule has 1 saturated heterocycles. The summed E-state index contributed by atoms with van der Waals surface area (Å²) in [5.74, 6) is 1.79. The fourth-order valence-electron chi connectivity index (χ4n) is 3.10. The first-order valence-corrected chi connectivity index (χ1v) is 9.23. The summed E-state index contributed by atoms with van der Waals surface area (Å²) in [4.78, 5) is 25.0. The third-order valence-electron chi connectivity index (χ3n) is 4.71. The molecule has 1 N–H and O–H groups in total. The minimum absolute atomic E-state index is 0.131. The Balaban J connectivity index is 1.29. The van der Waals surface area contributed by atoms with Gasteiger partial charge in [-0.2, -0.15) is 4.98 Å². The number of aromatic nitrogens is 3. The minimum atomic E-state index is -0.378. The topological polar surface area (TPSA) is 101 Å². The minimum Gasteiger partial charge on any atom is -0.468 e. The second-order valence-electron chi connectivity index (χ2n) is 6.71. The molecule has 0 unspecified atom stereocenters. The maximum absolute atomic E-state index is 12.6. The lowest BCUT2D eigenvalue weighted by atomic mass is 10.2. The van der Waals surface area contributed by atoms with Crippen molar-refractivity contribution in [2.75, 3.05) is 26.2 Å². The van der Waals surface area contributed by atoms with Crippen molar-refractivity contribution in [3.05, 3.63) is 54.6 Å². The van der Waals surface area contributed by atoms with Gasteiger partial charge in [-0.05, 0) is 31.2 Å².